The normalized spacial score (nSPS) is 16.3. The van der Waals surface area contributed by atoms with Crippen LogP contribution in [0.5, 0.6) is 0 Å². The molecule has 2 nitrogen and oxygen atoms in total. The van der Waals surface area contributed by atoms with Gasteiger partial charge >= 0.3 is 0 Å². The van der Waals surface area contributed by atoms with Crippen LogP contribution < -0.4 is 0 Å². The van der Waals surface area contributed by atoms with Crippen LogP contribution in [0.15, 0.2) is 41.5 Å². The lowest BCUT2D eigenvalue weighted by atomic mass is 10.0. The van der Waals surface area contributed by atoms with Crippen molar-refractivity contribution in [1.29, 1.82) is 0 Å². The highest BCUT2D eigenvalue weighted by Gasteiger charge is 2.26. The molecule has 1 aromatic carbocycles. The molecular formula is C13H12O2. The molecule has 1 aliphatic rings. The Labute approximate surface area is 88.6 Å². The third-order valence-corrected chi connectivity index (χ3v) is 2.75. The molecule has 0 fully saturated rings. The Balaban J connectivity index is 2.27. The lowest BCUT2D eigenvalue weighted by Gasteiger charge is -2.01. The molecule has 0 spiro atoms. The highest BCUT2D eigenvalue weighted by Crippen LogP contribution is 2.22. The maximum absolute atomic E-state index is 11.5. The Kier molecular flexibility index (Phi) is 2.50. The molecule has 0 aromatic heterocycles. The van der Waals surface area contributed by atoms with E-state index in [0.717, 1.165) is 5.56 Å². The van der Waals surface area contributed by atoms with Crippen LogP contribution in [0.25, 0.3) is 0 Å². The first kappa shape index (κ1) is 9.84. The van der Waals surface area contributed by atoms with E-state index in [-0.39, 0.29) is 18.0 Å². The van der Waals surface area contributed by atoms with Gasteiger partial charge in [0.05, 0.1) is 6.42 Å². The molecule has 76 valence electrons. The molecule has 0 amide bonds. The SMILES string of the molecule is CC1=C(Cc2ccccc2)C(=O)CC1=O. The summed E-state index contributed by atoms with van der Waals surface area (Å²) in [6.45, 7) is 1.74. The number of Topliss-reactive ketones (excluding diaryl/α,β-unsaturated/α-hetero) is 2. The second-order valence-corrected chi connectivity index (χ2v) is 3.79. The maximum atomic E-state index is 11.5. The summed E-state index contributed by atoms with van der Waals surface area (Å²) in [7, 11) is 0. The van der Waals surface area contributed by atoms with Crippen LogP contribution in [0.3, 0.4) is 0 Å². The molecule has 2 rings (SSSR count). The van der Waals surface area contributed by atoms with Gasteiger partial charge in [-0.05, 0) is 18.1 Å². The molecule has 0 unspecified atom stereocenters. The summed E-state index contributed by atoms with van der Waals surface area (Å²) in [6, 6.07) is 9.75. The molecule has 0 radical (unpaired) electrons. The van der Waals surface area contributed by atoms with E-state index in [1.807, 2.05) is 30.3 Å². The minimum Gasteiger partial charge on any atom is -0.294 e. The van der Waals surface area contributed by atoms with Crippen LogP contribution >= 0.6 is 0 Å². The summed E-state index contributed by atoms with van der Waals surface area (Å²) in [5.74, 6) is -0.0349. The average Bonchev–Trinajstić information content (AvgIpc) is 2.47. The molecule has 1 aliphatic carbocycles. The van der Waals surface area contributed by atoms with Crippen molar-refractivity contribution >= 4 is 11.6 Å². The predicted molar refractivity (Wildman–Crippen MR) is 57.5 cm³/mol. The van der Waals surface area contributed by atoms with Gasteiger partial charge in [0.25, 0.3) is 0 Å². The number of carbonyl (C=O) groups is 2. The van der Waals surface area contributed by atoms with Crippen LogP contribution in [0.2, 0.25) is 0 Å². The van der Waals surface area contributed by atoms with Gasteiger partial charge in [-0.2, -0.15) is 0 Å². The first-order valence-corrected chi connectivity index (χ1v) is 4.98. The molecule has 2 heteroatoms. The highest BCUT2D eigenvalue weighted by atomic mass is 16.2. The van der Waals surface area contributed by atoms with Gasteiger partial charge in [-0.1, -0.05) is 30.3 Å². The van der Waals surface area contributed by atoms with Crippen LogP contribution in [0.1, 0.15) is 18.9 Å². The third kappa shape index (κ3) is 1.89. The summed E-state index contributed by atoms with van der Waals surface area (Å²) < 4.78 is 0. The fraction of sp³-hybridized carbons (Fsp3) is 0.231. The summed E-state index contributed by atoms with van der Waals surface area (Å²) in [5.41, 5.74) is 2.41. The number of carbonyl (C=O) groups excluding carboxylic acids is 2. The zero-order valence-corrected chi connectivity index (χ0v) is 8.62. The van der Waals surface area contributed by atoms with E-state index in [4.69, 9.17) is 0 Å². The van der Waals surface area contributed by atoms with E-state index in [9.17, 15) is 9.59 Å². The minimum atomic E-state index is -0.0223. The van der Waals surface area contributed by atoms with Crippen molar-refractivity contribution < 1.29 is 9.59 Å². The van der Waals surface area contributed by atoms with Crippen molar-refractivity contribution in [3.05, 3.63) is 47.0 Å². The average molecular weight is 200 g/mol. The molecule has 0 N–H and O–H groups in total. The van der Waals surface area contributed by atoms with E-state index >= 15 is 0 Å². The topological polar surface area (TPSA) is 34.1 Å². The highest BCUT2D eigenvalue weighted by molar-refractivity contribution is 6.22. The van der Waals surface area contributed by atoms with Gasteiger partial charge in [-0.3, -0.25) is 9.59 Å². The van der Waals surface area contributed by atoms with Crippen molar-refractivity contribution in [3.63, 3.8) is 0 Å². The summed E-state index contributed by atoms with van der Waals surface area (Å²) in [5, 5.41) is 0. The van der Waals surface area contributed by atoms with Crippen molar-refractivity contribution in [2.75, 3.05) is 0 Å². The number of benzene rings is 1. The summed E-state index contributed by atoms with van der Waals surface area (Å²) in [6.07, 6.45) is 0.644. The molecular weight excluding hydrogens is 188 g/mol. The largest absolute Gasteiger partial charge is 0.294 e. The fourth-order valence-electron chi connectivity index (χ4n) is 1.79. The zero-order valence-electron chi connectivity index (χ0n) is 8.62. The Morgan fingerprint density at radius 2 is 1.73 bits per heavy atom. The van der Waals surface area contributed by atoms with Crippen molar-refractivity contribution in [3.8, 4) is 0 Å². The molecule has 0 saturated carbocycles. The number of allylic oxidation sites excluding steroid dienone is 2. The zero-order chi connectivity index (χ0) is 10.8. The predicted octanol–water partition coefficient (Wildman–Crippen LogP) is 2.09. The Morgan fingerprint density at radius 3 is 2.27 bits per heavy atom. The standard InChI is InChI=1S/C13H12O2/c1-9-11(13(15)8-12(9)14)7-10-5-3-2-4-6-10/h2-6H,7-8H2,1H3. The van der Waals surface area contributed by atoms with Gasteiger partial charge in [-0.15, -0.1) is 0 Å². The lowest BCUT2D eigenvalue weighted by molar-refractivity contribution is -0.121. The van der Waals surface area contributed by atoms with Crippen LogP contribution in [0, 0.1) is 0 Å². The molecule has 0 saturated heterocycles. The second kappa shape index (κ2) is 3.81. The van der Waals surface area contributed by atoms with Crippen LogP contribution in [-0.2, 0) is 16.0 Å². The first-order valence-electron chi connectivity index (χ1n) is 4.98. The van der Waals surface area contributed by atoms with Crippen molar-refractivity contribution in [1.82, 2.24) is 0 Å². The minimum absolute atomic E-state index is 0.0126. The van der Waals surface area contributed by atoms with E-state index in [1.54, 1.807) is 6.92 Å². The quantitative estimate of drug-likeness (QED) is 0.685. The van der Waals surface area contributed by atoms with Gasteiger partial charge in [0.2, 0.25) is 0 Å². The summed E-state index contributed by atoms with van der Waals surface area (Å²) >= 11 is 0. The second-order valence-electron chi connectivity index (χ2n) is 3.79. The van der Waals surface area contributed by atoms with Gasteiger partial charge < -0.3 is 0 Å². The summed E-state index contributed by atoms with van der Waals surface area (Å²) in [4.78, 5) is 22.8. The number of hydrogen-bond donors (Lipinski definition) is 0. The third-order valence-electron chi connectivity index (χ3n) is 2.75. The number of hydrogen-bond acceptors (Lipinski definition) is 2. The Morgan fingerprint density at radius 1 is 1.07 bits per heavy atom. The number of rotatable bonds is 2. The van der Waals surface area contributed by atoms with E-state index in [2.05, 4.69) is 0 Å². The maximum Gasteiger partial charge on any atom is 0.167 e. The smallest absolute Gasteiger partial charge is 0.167 e. The van der Waals surface area contributed by atoms with Crippen LogP contribution in [-0.4, -0.2) is 11.6 Å². The Hall–Kier alpha value is -1.70. The van der Waals surface area contributed by atoms with Crippen molar-refractivity contribution in [2.24, 2.45) is 0 Å². The lowest BCUT2D eigenvalue weighted by Crippen LogP contribution is -2.00. The van der Waals surface area contributed by atoms with Gasteiger partial charge in [0.1, 0.15) is 0 Å². The van der Waals surface area contributed by atoms with Gasteiger partial charge in [-0.25, -0.2) is 0 Å². The first-order chi connectivity index (χ1) is 7.18. The molecule has 0 aliphatic heterocycles. The fourth-order valence-corrected chi connectivity index (χ4v) is 1.79. The molecule has 15 heavy (non-hydrogen) atoms. The Bertz CT molecular complexity index is 441. The van der Waals surface area contributed by atoms with Gasteiger partial charge in [0.15, 0.2) is 11.6 Å². The van der Waals surface area contributed by atoms with Gasteiger partial charge in [0, 0.05) is 12.0 Å². The van der Waals surface area contributed by atoms with Crippen molar-refractivity contribution in [2.45, 2.75) is 19.8 Å². The van der Waals surface area contributed by atoms with E-state index in [1.165, 1.54) is 0 Å². The molecule has 0 bridgehead atoms. The monoisotopic (exact) mass is 200 g/mol. The van der Waals surface area contributed by atoms with Crippen LogP contribution in [0.4, 0.5) is 0 Å². The molecule has 0 heterocycles. The van der Waals surface area contributed by atoms with E-state index in [0.29, 0.717) is 17.6 Å². The van der Waals surface area contributed by atoms with E-state index < -0.39 is 0 Å². The molecule has 0 atom stereocenters. The number of ketones is 2. The molecule has 1 aromatic rings.